The summed E-state index contributed by atoms with van der Waals surface area (Å²) in [5, 5.41) is 0. The minimum atomic E-state index is -3.65. The van der Waals surface area contributed by atoms with Crippen molar-refractivity contribution in [1.29, 1.82) is 0 Å². The van der Waals surface area contributed by atoms with E-state index in [1.165, 1.54) is 22.9 Å². The molecule has 1 aromatic carbocycles. The van der Waals surface area contributed by atoms with Crippen molar-refractivity contribution >= 4 is 15.9 Å². The molecule has 1 amide bonds. The summed E-state index contributed by atoms with van der Waals surface area (Å²) < 4.78 is 39.6. The van der Waals surface area contributed by atoms with Gasteiger partial charge in [-0.1, -0.05) is 6.42 Å². The van der Waals surface area contributed by atoms with E-state index >= 15 is 0 Å². The fourth-order valence-electron chi connectivity index (χ4n) is 3.60. The average molecular weight is 383 g/mol. The summed E-state index contributed by atoms with van der Waals surface area (Å²) >= 11 is 0. The van der Waals surface area contributed by atoms with E-state index in [9.17, 15) is 17.6 Å². The van der Waals surface area contributed by atoms with Crippen LogP contribution in [0.4, 0.5) is 4.39 Å². The van der Waals surface area contributed by atoms with E-state index in [1.807, 2.05) is 0 Å². The van der Waals surface area contributed by atoms with E-state index in [1.54, 1.807) is 4.90 Å². The van der Waals surface area contributed by atoms with E-state index in [0.717, 1.165) is 31.5 Å². The first-order valence-electron chi connectivity index (χ1n) is 9.15. The molecule has 6 nitrogen and oxygen atoms in total. The molecule has 0 N–H and O–H groups in total. The maximum Gasteiger partial charge on any atom is 0.243 e. The number of carbonyl (C=O) groups is 1. The largest absolute Gasteiger partial charge is 0.339 e. The number of piperazine rings is 1. The molecule has 26 heavy (non-hydrogen) atoms. The van der Waals surface area contributed by atoms with Crippen LogP contribution >= 0.6 is 0 Å². The maximum absolute atomic E-state index is 13.0. The van der Waals surface area contributed by atoms with Crippen molar-refractivity contribution in [1.82, 2.24) is 14.1 Å². The molecule has 2 saturated heterocycles. The van der Waals surface area contributed by atoms with Crippen molar-refractivity contribution in [2.45, 2.75) is 37.1 Å². The van der Waals surface area contributed by atoms with Crippen LogP contribution in [0, 0.1) is 5.82 Å². The van der Waals surface area contributed by atoms with Gasteiger partial charge in [-0.15, -0.1) is 0 Å². The Labute approximate surface area is 154 Å². The third-order valence-corrected chi connectivity index (χ3v) is 7.23. The van der Waals surface area contributed by atoms with E-state index in [2.05, 4.69) is 11.8 Å². The number of carbonyl (C=O) groups excluding carboxylic acids is 1. The van der Waals surface area contributed by atoms with E-state index in [0.29, 0.717) is 25.7 Å². The van der Waals surface area contributed by atoms with Gasteiger partial charge in [0.1, 0.15) is 5.82 Å². The number of hydrogen-bond donors (Lipinski definition) is 0. The van der Waals surface area contributed by atoms with Crippen molar-refractivity contribution in [2.24, 2.45) is 0 Å². The van der Waals surface area contributed by atoms with Gasteiger partial charge in [0.2, 0.25) is 15.9 Å². The standard InChI is InChI=1S/C18H26FN3O3S/c1-15-4-2-3-9-21(15)14-18(23)20-10-12-22(13-11-20)26(24,25)17-7-5-16(19)6-8-17/h5-8,15H,2-4,9-14H2,1H3/t15-/m1/s1. The van der Waals surface area contributed by atoms with Crippen LogP contribution in [0.5, 0.6) is 0 Å². The Hall–Kier alpha value is -1.51. The Balaban J connectivity index is 1.56. The Kier molecular flexibility index (Phi) is 5.94. The molecule has 0 radical (unpaired) electrons. The van der Waals surface area contributed by atoms with Crippen molar-refractivity contribution in [3.05, 3.63) is 30.1 Å². The molecule has 8 heteroatoms. The van der Waals surface area contributed by atoms with Gasteiger partial charge in [0.15, 0.2) is 0 Å². The minimum Gasteiger partial charge on any atom is -0.339 e. The molecular weight excluding hydrogens is 357 g/mol. The topological polar surface area (TPSA) is 60.9 Å². The van der Waals surface area contributed by atoms with Crippen molar-refractivity contribution in [3.8, 4) is 0 Å². The molecule has 1 atom stereocenters. The van der Waals surface area contributed by atoms with Crippen LogP contribution in [0.15, 0.2) is 29.2 Å². The molecule has 0 aliphatic carbocycles. The first-order chi connectivity index (χ1) is 12.4. The molecule has 0 unspecified atom stereocenters. The van der Waals surface area contributed by atoms with Gasteiger partial charge in [0, 0.05) is 32.2 Å². The quantitative estimate of drug-likeness (QED) is 0.791. The molecule has 0 aromatic heterocycles. The predicted molar refractivity (Wildman–Crippen MR) is 96.6 cm³/mol. The fourth-order valence-corrected chi connectivity index (χ4v) is 5.02. The fraction of sp³-hybridized carbons (Fsp3) is 0.611. The molecule has 144 valence electrons. The predicted octanol–water partition coefficient (Wildman–Crippen LogP) is 1.53. The maximum atomic E-state index is 13.0. The molecule has 2 aliphatic heterocycles. The van der Waals surface area contributed by atoms with Gasteiger partial charge >= 0.3 is 0 Å². The second-order valence-electron chi connectivity index (χ2n) is 7.05. The average Bonchev–Trinajstić information content (AvgIpc) is 2.64. The van der Waals surface area contributed by atoms with Crippen molar-refractivity contribution in [2.75, 3.05) is 39.3 Å². The van der Waals surface area contributed by atoms with Gasteiger partial charge in [-0.05, 0) is 50.6 Å². The number of amides is 1. The van der Waals surface area contributed by atoms with Crippen molar-refractivity contribution in [3.63, 3.8) is 0 Å². The second-order valence-corrected chi connectivity index (χ2v) is 8.99. The van der Waals surface area contributed by atoms with E-state index in [4.69, 9.17) is 0 Å². The SMILES string of the molecule is C[C@@H]1CCCCN1CC(=O)N1CCN(S(=O)(=O)c2ccc(F)cc2)CC1. The number of nitrogens with zero attached hydrogens (tertiary/aromatic N) is 3. The first-order valence-corrected chi connectivity index (χ1v) is 10.6. The number of sulfonamides is 1. The van der Waals surface area contributed by atoms with Gasteiger partial charge < -0.3 is 4.90 Å². The number of hydrogen-bond acceptors (Lipinski definition) is 4. The zero-order valence-electron chi connectivity index (χ0n) is 15.1. The molecule has 2 aliphatic rings. The van der Waals surface area contributed by atoms with E-state index < -0.39 is 15.8 Å². The highest BCUT2D eigenvalue weighted by Crippen LogP contribution is 2.19. The molecule has 0 bridgehead atoms. The number of piperidine rings is 1. The Morgan fingerprint density at radius 3 is 2.35 bits per heavy atom. The van der Waals surface area contributed by atoms with Crippen LogP contribution in [0.25, 0.3) is 0 Å². The highest BCUT2D eigenvalue weighted by atomic mass is 32.2. The summed E-state index contributed by atoms with van der Waals surface area (Å²) in [7, 11) is -3.65. The summed E-state index contributed by atoms with van der Waals surface area (Å²) in [6, 6.07) is 5.27. The Bertz CT molecular complexity index is 731. The molecule has 0 spiro atoms. The highest BCUT2D eigenvalue weighted by Gasteiger charge is 2.31. The Morgan fingerprint density at radius 2 is 1.73 bits per heavy atom. The zero-order chi connectivity index (χ0) is 18.7. The van der Waals surface area contributed by atoms with Gasteiger partial charge in [0.05, 0.1) is 11.4 Å². The number of benzene rings is 1. The monoisotopic (exact) mass is 383 g/mol. The lowest BCUT2D eigenvalue weighted by Gasteiger charge is -2.37. The lowest BCUT2D eigenvalue weighted by atomic mass is 10.0. The number of likely N-dealkylation sites (tertiary alicyclic amines) is 1. The molecule has 3 rings (SSSR count). The molecular formula is C18H26FN3O3S. The number of halogens is 1. The van der Waals surface area contributed by atoms with Crippen LogP contribution in [0.3, 0.4) is 0 Å². The third kappa shape index (κ3) is 4.24. The number of rotatable bonds is 4. The summed E-state index contributed by atoms with van der Waals surface area (Å²) in [6.07, 6.45) is 3.46. The minimum absolute atomic E-state index is 0.0672. The third-order valence-electron chi connectivity index (χ3n) is 5.32. The van der Waals surface area contributed by atoms with Gasteiger partial charge in [0.25, 0.3) is 0 Å². The normalized spacial score (nSPS) is 23.2. The summed E-state index contributed by atoms with van der Waals surface area (Å²) in [5.41, 5.74) is 0. The van der Waals surface area contributed by atoms with Gasteiger partial charge in [-0.3, -0.25) is 9.69 Å². The van der Waals surface area contributed by atoms with Crippen molar-refractivity contribution < 1.29 is 17.6 Å². The van der Waals surface area contributed by atoms with Crippen LogP contribution in [-0.4, -0.2) is 73.7 Å². The molecule has 1 aromatic rings. The lowest BCUT2D eigenvalue weighted by Crippen LogP contribution is -2.53. The summed E-state index contributed by atoms with van der Waals surface area (Å²) in [5.74, 6) is -0.399. The van der Waals surface area contributed by atoms with Gasteiger partial charge in [-0.25, -0.2) is 12.8 Å². The zero-order valence-corrected chi connectivity index (χ0v) is 15.9. The first kappa shape index (κ1) is 19.3. The van der Waals surface area contributed by atoms with Crippen LogP contribution < -0.4 is 0 Å². The second kappa shape index (κ2) is 8.02. The molecule has 0 saturated carbocycles. The highest BCUT2D eigenvalue weighted by molar-refractivity contribution is 7.89. The summed E-state index contributed by atoms with van der Waals surface area (Å²) in [4.78, 5) is 16.6. The molecule has 2 fully saturated rings. The van der Waals surface area contributed by atoms with Crippen LogP contribution in [0.2, 0.25) is 0 Å². The smallest absolute Gasteiger partial charge is 0.243 e. The molecule has 2 heterocycles. The van der Waals surface area contributed by atoms with Crippen LogP contribution in [0.1, 0.15) is 26.2 Å². The lowest BCUT2D eigenvalue weighted by molar-refractivity contribution is -0.134. The Morgan fingerprint density at radius 1 is 1.08 bits per heavy atom. The summed E-state index contributed by atoms with van der Waals surface area (Å²) in [6.45, 7) is 4.82. The van der Waals surface area contributed by atoms with E-state index in [-0.39, 0.29) is 23.9 Å². The van der Waals surface area contributed by atoms with Crippen LogP contribution in [-0.2, 0) is 14.8 Å². The van der Waals surface area contributed by atoms with Gasteiger partial charge in [-0.2, -0.15) is 4.31 Å².